The summed E-state index contributed by atoms with van der Waals surface area (Å²) in [5.74, 6) is -1.91. The van der Waals surface area contributed by atoms with Gasteiger partial charge in [0.25, 0.3) is 5.91 Å². The standard InChI is InChI=1S/C12H12N2O3/c1-14-11(16)9(13-10(15)12(14)17)7-8-5-3-2-4-6-8/h2-6,9H,7H2,1H3,(H,13,15). The van der Waals surface area contributed by atoms with Gasteiger partial charge in [-0.2, -0.15) is 0 Å². The lowest BCUT2D eigenvalue weighted by atomic mass is 10.0. The maximum atomic E-state index is 11.8. The Morgan fingerprint density at radius 3 is 2.47 bits per heavy atom. The van der Waals surface area contributed by atoms with Crippen LogP contribution < -0.4 is 5.32 Å². The van der Waals surface area contributed by atoms with Gasteiger partial charge in [-0.3, -0.25) is 19.3 Å². The maximum absolute atomic E-state index is 11.8. The van der Waals surface area contributed by atoms with E-state index in [0.29, 0.717) is 6.42 Å². The Morgan fingerprint density at radius 2 is 1.82 bits per heavy atom. The number of nitrogens with zero attached hydrogens (tertiary/aromatic N) is 1. The topological polar surface area (TPSA) is 66.5 Å². The molecule has 1 atom stereocenters. The third kappa shape index (κ3) is 2.18. The molecule has 0 aliphatic carbocycles. The SMILES string of the molecule is CN1C(=O)C(=O)NC(Cc2ccccc2)C1=O. The van der Waals surface area contributed by atoms with E-state index in [9.17, 15) is 14.4 Å². The fourth-order valence-electron chi connectivity index (χ4n) is 1.76. The number of amides is 3. The Labute approximate surface area is 98.4 Å². The van der Waals surface area contributed by atoms with Gasteiger partial charge in [0, 0.05) is 13.5 Å². The molecular formula is C12H12N2O3. The van der Waals surface area contributed by atoms with Crippen molar-refractivity contribution in [2.24, 2.45) is 0 Å². The van der Waals surface area contributed by atoms with Crippen LogP contribution in [0.15, 0.2) is 30.3 Å². The van der Waals surface area contributed by atoms with Crippen LogP contribution in [0.2, 0.25) is 0 Å². The molecule has 5 heteroatoms. The van der Waals surface area contributed by atoms with Crippen LogP contribution in [-0.4, -0.2) is 35.7 Å². The summed E-state index contributed by atoms with van der Waals surface area (Å²) in [6.45, 7) is 0. The average Bonchev–Trinajstić information content (AvgIpc) is 2.35. The number of nitrogens with one attached hydrogen (secondary N) is 1. The highest BCUT2D eigenvalue weighted by Crippen LogP contribution is 2.08. The number of rotatable bonds is 2. The summed E-state index contributed by atoms with van der Waals surface area (Å²) in [5, 5.41) is 2.42. The number of benzene rings is 1. The smallest absolute Gasteiger partial charge is 0.318 e. The van der Waals surface area contributed by atoms with Crippen LogP contribution in [0, 0.1) is 0 Å². The third-order valence-electron chi connectivity index (χ3n) is 2.72. The second kappa shape index (κ2) is 4.37. The summed E-state index contributed by atoms with van der Waals surface area (Å²) in [4.78, 5) is 35.2. The van der Waals surface area contributed by atoms with Crippen molar-refractivity contribution in [3.8, 4) is 0 Å². The molecule has 1 aliphatic heterocycles. The highest BCUT2D eigenvalue weighted by atomic mass is 16.2. The average molecular weight is 232 g/mol. The van der Waals surface area contributed by atoms with Gasteiger partial charge in [0.2, 0.25) is 0 Å². The fourth-order valence-corrected chi connectivity index (χ4v) is 1.76. The van der Waals surface area contributed by atoms with Gasteiger partial charge in [-0.25, -0.2) is 0 Å². The molecule has 0 saturated carbocycles. The van der Waals surface area contributed by atoms with E-state index in [-0.39, 0.29) is 5.91 Å². The van der Waals surface area contributed by atoms with Gasteiger partial charge < -0.3 is 5.32 Å². The van der Waals surface area contributed by atoms with E-state index < -0.39 is 17.9 Å². The van der Waals surface area contributed by atoms with Gasteiger partial charge in [0.1, 0.15) is 6.04 Å². The van der Waals surface area contributed by atoms with Crippen LogP contribution in [0.4, 0.5) is 0 Å². The minimum absolute atomic E-state index is 0.376. The first kappa shape index (κ1) is 11.3. The van der Waals surface area contributed by atoms with E-state index >= 15 is 0 Å². The zero-order valence-corrected chi connectivity index (χ0v) is 9.34. The Balaban J connectivity index is 2.14. The minimum atomic E-state index is -0.806. The number of piperazine rings is 1. The van der Waals surface area contributed by atoms with Crippen LogP contribution in [0.25, 0.3) is 0 Å². The molecule has 0 spiro atoms. The zero-order chi connectivity index (χ0) is 12.4. The molecule has 1 aromatic rings. The molecule has 0 aromatic heterocycles. The van der Waals surface area contributed by atoms with E-state index in [1.54, 1.807) is 0 Å². The minimum Gasteiger partial charge on any atom is -0.336 e. The fraction of sp³-hybridized carbons (Fsp3) is 0.250. The number of hydrogen-bond donors (Lipinski definition) is 1. The molecule has 3 amide bonds. The third-order valence-corrected chi connectivity index (χ3v) is 2.72. The summed E-state index contributed by atoms with van der Waals surface area (Å²) < 4.78 is 0. The van der Waals surface area contributed by atoms with Crippen molar-refractivity contribution in [3.63, 3.8) is 0 Å². The molecule has 1 heterocycles. The second-order valence-electron chi connectivity index (χ2n) is 3.92. The van der Waals surface area contributed by atoms with E-state index in [0.717, 1.165) is 10.5 Å². The molecule has 0 bridgehead atoms. The van der Waals surface area contributed by atoms with E-state index in [2.05, 4.69) is 5.32 Å². The molecule has 1 saturated heterocycles. The first-order valence-corrected chi connectivity index (χ1v) is 5.26. The maximum Gasteiger partial charge on any atom is 0.318 e. The molecular weight excluding hydrogens is 220 g/mol. The normalized spacial score (nSPS) is 20.4. The summed E-state index contributed by atoms with van der Waals surface area (Å²) in [6.07, 6.45) is 0.392. The highest BCUT2D eigenvalue weighted by Gasteiger charge is 2.37. The van der Waals surface area contributed by atoms with Gasteiger partial charge in [-0.15, -0.1) is 0 Å². The second-order valence-corrected chi connectivity index (χ2v) is 3.92. The molecule has 1 aliphatic rings. The first-order chi connectivity index (χ1) is 8.09. The summed E-state index contributed by atoms with van der Waals surface area (Å²) in [5.41, 5.74) is 0.939. The molecule has 1 N–H and O–H groups in total. The monoisotopic (exact) mass is 232 g/mol. The number of likely N-dealkylation sites (N-methyl/N-ethyl adjacent to an activating group) is 1. The Hall–Kier alpha value is -2.17. The van der Waals surface area contributed by atoms with E-state index in [1.807, 2.05) is 30.3 Å². The van der Waals surface area contributed by atoms with Gasteiger partial charge in [0.05, 0.1) is 0 Å². The van der Waals surface area contributed by atoms with Crippen molar-refractivity contribution in [1.82, 2.24) is 10.2 Å². The summed E-state index contributed by atoms with van der Waals surface area (Å²) >= 11 is 0. The van der Waals surface area contributed by atoms with Crippen LogP contribution in [0.1, 0.15) is 5.56 Å². The number of carbonyl (C=O) groups excluding carboxylic acids is 3. The summed E-state index contributed by atoms with van der Waals surface area (Å²) in [6, 6.07) is 8.68. The number of carbonyl (C=O) groups is 3. The highest BCUT2D eigenvalue weighted by molar-refractivity contribution is 6.40. The van der Waals surface area contributed by atoms with Crippen LogP contribution in [-0.2, 0) is 20.8 Å². The van der Waals surface area contributed by atoms with Crippen LogP contribution in [0.3, 0.4) is 0 Å². The van der Waals surface area contributed by atoms with Crippen molar-refractivity contribution < 1.29 is 14.4 Å². The molecule has 88 valence electrons. The van der Waals surface area contributed by atoms with Crippen molar-refractivity contribution in [1.29, 1.82) is 0 Å². The van der Waals surface area contributed by atoms with Crippen molar-refractivity contribution in [2.45, 2.75) is 12.5 Å². The van der Waals surface area contributed by atoms with Crippen LogP contribution >= 0.6 is 0 Å². The predicted octanol–water partition coefficient (Wildman–Crippen LogP) is -0.288. The summed E-state index contributed by atoms with van der Waals surface area (Å²) in [7, 11) is 1.32. The molecule has 1 aromatic carbocycles. The van der Waals surface area contributed by atoms with E-state index in [1.165, 1.54) is 7.05 Å². The lowest BCUT2D eigenvalue weighted by Crippen LogP contribution is -2.60. The molecule has 17 heavy (non-hydrogen) atoms. The Bertz CT molecular complexity index is 470. The quantitative estimate of drug-likeness (QED) is 0.563. The molecule has 2 rings (SSSR count). The predicted molar refractivity (Wildman–Crippen MR) is 59.9 cm³/mol. The number of hydrogen-bond acceptors (Lipinski definition) is 3. The Kier molecular flexibility index (Phi) is 2.91. The molecule has 0 radical (unpaired) electrons. The van der Waals surface area contributed by atoms with Crippen molar-refractivity contribution in [2.75, 3.05) is 7.05 Å². The lowest BCUT2D eigenvalue weighted by Gasteiger charge is -2.28. The van der Waals surface area contributed by atoms with Crippen LogP contribution in [0.5, 0.6) is 0 Å². The van der Waals surface area contributed by atoms with Gasteiger partial charge >= 0.3 is 11.8 Å². The van der Waals surface area contributed by atoms with Gasteiger partial charge in [0.15, 0.2) is 0 Å². The van der Waals surface area contributed by atoms with E-state index in [4.69, 9.17) is 0 Å². The van der Waals surface area contributed by atoms with Crippen molar-refractivity contribution in [3.05, 3.63) is 35.9 Å². The Morgan fingerprint density at radius 1 is 1.18 bits per heavy atom. The molecule has 1 fully saturated rings. The number of imide groups is 1. The van der Waals surface area contributed by atoms with Gasteiger partial charge in [-0.1, -0.05) is 30.3 Å². The first-order valence-electron chi connectivity index (χ1n) is 5.26. The lowest BCUT2D eigenvalue weighted by molar-refractivity contribution is -0.157. The van der Waals surface area contributed by atoms with Crippen molar-refractivity contribution >= 4 is 17.7 Å². The molecule has 1 unspecified atom stereocenters. The zero-order valence-electron chi connectivity index (χ0n) is 9.34. The largest absolute Gasteiger partial charge is 0.336 e. The van der Waals surface area contributed by atoms with Gasteiger partial charge in [-0.05, 0) is 5.56 Å². The molecule has 5 nitrogen and oxygen atoms in total.